The predicted molar refractivity (Wildman–Crippen MR) is 98.1 cm³/mol. The summed E-state index contributed by atoms with van der Waals surface area (Å²) in [6.45, 7) is 0. The zero-order valence-electron chi connectivity index (χ0n) is 14.4. The van der Waals surface area contributed by atoms with Gasteiger partial charge in [0.05, 0.1) is 6.20 Å². The van der Waals surface area contributed by atoms with Crippen molar-refractivity contribution in [3.8, 4) is 0 Å². The van der Waals surface area contributed by atoms with Crippen LogP contribution in [0.4, 0.5) is 5.82 Å². The van der Waals surface area contributed by atoms with E-state index >= 15 is 0 Å². The SMILES string of the molecule is CN1C(C(=O)Nc2cnccn2)=C(O)c2c(c3ccccc3n2C)S1(=O)=O. The van der Waals surface area contributed by atoms with Crippen LogP contribution in [0.1, 0.15) is 5.69 Å². The number of likely N-dealkylation sites (N-methyl/N-ethyl adjacent to an activating group) is 1. The largest absolute Gasteiger partial charge is 0.504 e. The first-order valence-electron chi connectivity index (χ1n) is 7.91. The van der Waals surface area contributed by atoms with Crippen LogP contribution in [-0.4, -0.2) is 45.3 Å². The van der Waals surface area contributed by atoms with E-state index in [-0.39, 0.29) is 22.1 Å². The van der Waals surface area contributed by atoms with E-state index in [1.54, 1.807) is 35.9 Å². The average molecular weight is 385 g/mol. The van der Waals surface area contributed by atoms with E-state index in [1.807, 2.05) is 0 Å². The summed E-state index contributed by atoms with van der Waals surface area (Å²) in [4.78, 5) is 20.4. The standard InChI is InChI=1S/C17H15N5O4S/c1-21-11-6-4-3-5-10(11)16-13(21)15(23)14(22(2)27(16,25)26)17(24)20-12-9-18-7-8-19-12/h3-9,23H,1-2H3,(H,19,20,24). The van der Waals surface area contributed by atoms with Crippen LogP contribution in [-0.2, 0) is 21.9 Å². The highest BCUT2D eigenvalue weighted by Gasteiger charge is 2.41. The van der Waals surface area contributed by atoms with Crippen LogP contribution in [0.25, 0.3) is 16.7 Å². The van der Waals surface area contributed by atoms with E-state index in [2.05, 4.69) is 15.3 Å². The quantitative estimate of drug-likeness (QED) is 0.690. The molecule has 1 aliphatic rings. The number of carbonyl (C=O) groups is 1. The summed E-state index contributed by atoms with van der Waals surface area (Å²) in [7, 11) is -1.19. The number of benzene rings is 1. The second-order valence-electron chi connectivity index (χ2n) is 5.97. The summed E-state index contributed by atoms with van der Waals surface area (Å²) in [5.41, 5.74) is 0.305. The first kappa shape index (κ1) is 17.0. The minimum absolute atomic E-state index is 0.0309. The molecule has 10 heteroatoms. The maximum atomic E-state index is 13.1. The third-order valence-corrected chi connectivity index (χ3v) is 6.30. The van der Waals surface area contributed by atoms with Crippen LogP contribution in [0.15, 0.2) is 53.4 Å². The molecule has 1 aromatic carbocycles. The van der Waals surface area contributed by atoms with Gasteiger partial charge in [0.2, 0.25) is 0 Å². The molecular formula is C17H15N5O4S. The van der Waals surface area contributed by atoms with E-state index in [0.717, 1.165) is 4.31 Å². The number of anilines is 1. The lowest BCUT2D eigenvalue weighted by molar-refractivity contribution is -0.113. The molecule has 3 heterocycles. The van der Waals surface area contributed by atoms with Crippen molar-refractivity contribution in [3.63, 3.8) is 0 Å². The Balaban J connectivity index is 1.95. The zero-order chi connectivity index (χ0) is 19.3. The molecule has 2 N–H and O–H groups in total. The molecule has 0 bridgehead atoms. The number of rotatable bonds is 2. The van der Waals surface area contributed by atoms with Crippen molar-refractivity contribution < 1.29 is 18.3 Å². The fourth-order valence-electron chi connectivity index (χ4n) is 3.19. The normalized spacial score (nSPS) is 15.7. The van der Waals surface area contributed by atoms with Gasteiger partial charge in [0.1, 0.15) is 10.6 Å². The molecule has 0 fully saturated rings. The Morgan fingerprint density at radius 3 is 2.63 bits per heavy atom. The first-order valence-corrected chi connectivity index (χ1v) is 9.35. The van der Waals surface area contributed by atoms with Crippen molar-refractivity contribution in [2.24, 2.45) is 7.05 Å². The maximum absolute atomic E-state index is 13.1. The molecule has 3 aromatic rings. The molecule has 4 rings (SSSR count). The molecule has 0 radical (unpaired) electrons. The number of aromatic nitrogens is 3. The molecule has 27 heavy (non-hydrogen) atoms. The molecule has 0 spiro atoms. The van der Waals surface area contributed by atoms with E-state index in [0.29, 0.717) is 10.9 Å². The number of hydrogen-bond acceptors (Lipinski definition) is 6. The highest BCUT2D eigenvalue weighted by Crippen LogP contribution is 2.40. The van der Waals surface area contributed by atoms with E-state index in [1.165, 1.54) is 25.6 Å². The zero-order valence-corrected chi connectivity index (χ0v) is 15.2. The first-order chi connectivity index (χ1) is 12.8. The summed E-state index contributed by atoms with van der Waals surface area (Å²) in [5, 5.41) is 13.7. The number of hydrogen-bond donors (Lipinski definition) is 2. The van der Waals surface area contributed by atoms with E-state index < -0.39 is 21.7 Å². The minimum atomic E-state index is -4.05. The second kappa shape index (κ2) is 5.81. The number of nitrogens with one attached hydrogen (secondary N) is 1. The number of aliphatic hydroxyl groups excluding tert-OH is 1. The van der Waals surface area contributed by atoms with Gasteiger partial charge in [-0.1, -0.05) is 18.2 Å². The highest BCUT2D eigenvalue weighted by molar-refractivity contribution is 7.89. The molecule has 138 valence electrons. The topological polar surface area (TPSA) is 117 Å². The fourth-order valence-corrected chi connectivity index (χ4v) is 4.81. The molecule has 0 aliphatic carbocycles. The van der Waals surface area contributed by atoms with Crippen molar-refractivity contribution >= 4 is 38.4 Å². The number of aryl methyl sites for hydroxylation is 1. The van der Waals surface area contributed by atoms with Crippen molar-refractivity contribution in [2.75, 3.05) is 12.4 Å². The van der Waals surface area contributed by atoms with Crippen LogP contribution in [0.2, 0.25) is 0 Å². The van der Waals surface area contributed by atoms with Crippen molar-refractivity contribution in [2.45, 2.75) is 4.90 Å². The molecule has 1 aliphatic heterocycles. The molecular weight excluding hydrogens is 370 g/mol. The Morgan fingerprint density at radius 1 is 1.19 bits per heavy atom. The number of fused-ring (bicyclic) bond motifs is 3. The average Bonchev–Trinajstić information content (AvgIpc) is 2.95. The molecule has 0 saturated heterocycles. The lowest BCUT2D eigenvalue weighted by Gasteiger charge is -2.27. The Bertz CT molecular complexity index is 1210. The lowest BCUT2D eigenvalue weighted by Crippen LogP contribution is -2.37. The van der Waals surface area contributed by atoms with Gasteiger partial charge in [0, 0.05) is 37.4 Å². The Hall–Kier alpha value is -3.40. The van der Waals surface area contributed by atoms with Gasteiger partial charge >= 0.3 is 0 Å². The van der Waals surface area contributed by atoms with Gasteiger partial charge in [-0.25, -0.2) is 13.4 Å². The summed E-state index contributed by atoms with van der Waals surface area (Å²) >= 11 is 0. The monoisotopic (exact) mass is 385 g/mol. The number of carbonyl (C=O) groups excluding carboxylic acids is 1. The van der Waals surface area contributed by atoms with Crippen LogP contribution in [0.3, 0.4) is 0 Å². The van der Waals surface area contributed by atoms with Crippen molar-refractivity contribution in [1.82, 2.24) is 18.8 Å². The Labute approximate surface area is 154 Å². The Kier molecular flexibility index (Phi) is 3.67. The minimum Gasteiger partial charge on any atom is -0.504 e. The van der Waals surface area contributed by atoms with Crippen LogP contribution < -0.4 is 5.32 Å². The van der Waals surface area contributed by atoms with Gasteiger partial charge < -0.3 is 15.0 Å². The van der Waals surface area contributed by atoms with Crippen molar-refractivity contribution in [1.29, 1.82) is 0 Å². The molecule has 0 unspecified atom stereocenters. The van der Waals surface area contributed by atoms with Gasteiger partial charge in [-0.15, -0.1) is 0 Å². The van der Waals surface area contributed by atoms with Gasteiger partial charge in [-0.3, -0.25) is 14.1 Å². The highest BCUT2D eigenvalue weighted by atomic mass is 32.2. The smallest absolute Gasteiger partial charge is 0.278 e. The van der Waals surface area contributed by atoms with E-state index in [4.69, 9.17) is 0 Å². The van der Waals surface area contributed by atoms with Gasteiger partial charge in [0.25, 0.3) is 15.9 Å². The summed E-state index contributed by atoms with van der Waals surface area (Å²) in [5.74, 6) is -1.10. The maximum Gasteiger partial charge on any atom is 0.278 e. The second-order valence-corrected chi connectivity index (χ2v) is 7.87. The van der Waals surface area contributed by atoms with Crippen molar-refractivity contribution in [3.05, 3.63) is 54.2 Å². The third-order valence-electron chi connectivity index (χ3n) is 4.46. The van der Waals surface area contributed by atoms with Gasteiger partial charge in [-0.05, 0) is 6.07 Å². The van der Waals surface area contributed by atoms with Gasteiger partial charge in [0.15, 0.2) is 17.3 Å². The van der Waals surface area contributed by atoms with Crippen LogP contribution in [0, 0.1) is 0 Å². The molecule has 2 aromatic heterocycles. The number of nitrogens with zero attached hydrogens (tertiary/aromatic N) is 4. The Morgan fingerprint density at radius 2 is 1.93 bits per heavy atom. The van der Waals surface area contributed by atoms with Gasteiger partial charge in [-0.2, -0.15) is 0 Å². The van der Waals surface area contributed by atoms with Crippen LogP contribution >= 0.6 is 0 Å². The fraction of sp³-hybridized carbons (Fsp3) is 0.118. The number of para-hydroxylation sites is 1. The molecule has 1 amide bonds. The molecule has 0 saturated carbocycles. The molecule has 9 nitrogen and oxygen atoms in total. The molecule has 0 atom stereocenters. The number of sulfonamides is 1. The number of aliphatic hydroxyl groups is 1. The predicted octanol–water partition coefficient (Wildman–Crippen LogP) is 1.47. The van der Waals surface area contributed by atoms with Crippen LogP contribution in [0.5, 0.6) is 0 Å². The summed E-state index contributed by atoms with van der Waals surface area (Å²) < 4.78 is 28.5. The number of amides is 1. The summed E-state index contributed by atoms with van der Waals surface area (Å²) in [6, 6.07) is 6.90. The lowest BCUT2D eigenvalue weighted by atomic mass is 10.2. The summed E-state index contributed by atoms with van der Waals surface area (Å²) in [6.07, 6.45) is 4.13. The third kappa shape index (κ3) is 2.37. The van der Waals surface area contributed by atoms with E-state index in [9.17, 15) is 18.3 Å².